The van der Waals surface area contributed by atoms with Crippen LogP contribution in [0.5, 0.6) is 0 Å². The zero-order valence-corrected chi connectivity index (χ0v) is 39.0. The monoisotopic (exact) mass is 839 g/mol. The Morgan fingerprint density at radius 1 is 0.500 bits per heavy atom. The van der Waals surface area contributed by atoms with Crippen LogP contribution in [0.15, 0.2) is 60.8 Å². The lowest BCUT2D eigenvalue weighted by atomic mass is 10.0. The zero-order chi connectivity index (χ0) is 43.8. The van der Waals surface area contributed by atoms with Crippen LogP contribution in [0.1, 0.15) is 239 Å². The van der Waals surface area contributed by atoms with Crippen LogP contribution in [0, 0.1) is 0 Å². The molecule has 1 amide bonds. The maximum Gasteiger partial charge on any atom is 0.326 e. The first-order valence-corrected chi connectivity index (χ1v) is 25.1. The molecule has 346 valence electrons. The van der Waals surface area contributed by atoms with E-state index < -0.39 is 12.0 Å². The number of nitrogens with two attached hydrogens (primary N) is 1. The number of aliphatic carboxylic acids is 1. The summed E-state index contributed by atoms with van der Waals surface area (Å²) in [5, 5.41) is 12.0. The maximum absolute atomic E-state index is 12.9. The Labute approximate surface area is 370 Å². The molecule has 60 heavy (non-hydrogen) atoms. The molecule has 7 heteroatoms. The first-order chi connectivity index (χ1) is 29.4. The molecule has 0 saturated heterocycles. The smallest absolute Gasteiger partial charge is 0.326 e. The van der Waals surface area contributed by atoms with Crippen molar-refractivity contribution in [3.63, 3.8) is 0 Å². The highest BCUT2D eigenvalue weighted by Crippen LogP contribution is 2.19. The molecule has 0 bridgehead atoms. The second kappa shape index (κ2) is 47.1. The molecule has 0 radical (unpaired) electrons. The van der Waals surface area contributed by atoms with E-state index in [1.165, 1.54) is 89.9 Å². The maximum atomic E-state index is 12.9. The summed E-state index contributed by atoms with van der Waals surface area (Å²) in [5.74, 6) is -1.26. The van der Waals surface area contributed by atoms with Gasteiger partial charge in [0.1, 0.15) is 12.1 Å². The standard InChI is InChI=1S/C53H94N2O5/c1-3-5-7-9-11-13-15-17-19-20-21-22-24-26-28-30-32-37-41-47-52(57)60-49(43-38-34-31-29-27-25-23-18-16-14-12-10-8-6-4-2)44-39-35-33-36-40-46-51(56)55-50(53(58)59)45-42-48-54/h5,7,11,13,17,19,21-22,26,28,49-50H,3-4,6,8-10,12,14-16,18,20,23-25,27,29-48,54H2,1-2H3,(H,55,56)(H,58,59)/b7-5-,13-11-,19-17-,22-21-,28-26-. The summed E-state index contributed by atoms with van der Waals surface area (Å²) in [6.07, 6.45) is 59.9. The van der Waals surface area contributed by atoms with Gasteiger partial charge in [-0.05, 0) is 103 Å². The number of esters is 1. The number of carboxylic acids is 1. The lowest BCUT2D eigenvalue weighted by molar-refractivity contribution is -0.150. The Kier molecular flexibility index (Phi) is 44.8. The number of rotatable bonds is 45. The van der Waals surface area contributed by atoms with Crippen LogP contribution in [-0.4, -0.2) is 41.6 Å². The molecule has 0 fully saturated rings. The number of ether oxygens (including phenoxy) is 1. The van der Waals surface area contributed by atoms with Gasteiger partial charge in [0.25, 0.3) is 0 Å². The summed E-state index contributed by atoms with van der Waals surface area (Å²) in [6.45, 7) is 4.85. The van der Waals surface area contributed by atoms with Crippen molar-refractivity contribution in [2.75, 3.05) is 6.54 Å². The van der Waals surface area contributed by atoms with Crippen LogP contribution in [-0.2, 0) is 19.1 Å². The lowest BCUT2D eigenvalue weighted by Crippen LogP contribution is -2.40. The second-order valence-electron chi connectivity index (χ2n) is 16.9. The molecule has 7 nitrogen and oxygen atoms in total. The molecule has 0 aliphatic carbocycles. The number of carboxylic acid groups (broad SMARTS) is 1. The topological polar surface area (TPSA) is 119 Å². The first-order valence-electron chi connectivity index (χ1n) is 25.1. The fraction of sp³-hybridized carbons (Fsp3) is 0.755. The van der Waals surface area contributed by atoms with E-state index in [-0.39, 0.29) is 18.0 Å². The van der Waals surface area contributed by atoms with Gasteiger partial charge in [0.05, 0.1) is 0 Å². The third kappa shape index (κ3) is 43.2. The highest BCUT2D eigenvalue weighted by molar-refractivity contribution is 5.83. The fourth-order valence-corrected chi connectivity index (χ4v) is 7.36. The summed E-state index contributed by atoms with van der Waals surface area (Å²) in [5.41, 5.74) is 5.50. The van der Waals surface area contributed by atoms with Crippen LogP contribution in [0.25, 0.3) is 0 Å². The molecule has 0 rings (SSSR count). The van der Waals surface area contributed by atoms with E-state index in [0.717, 1.165) is 109 Å². The summed E-state index contributed by atoms with van der Waals surface area (Å²) in [4.78, 5) is 36.5. The number of amides is 1. The summed E-state index contributed by atoms with van der Waals surface area (Å²) >= 11 is 0. The van der Waals surface area contributed by atoms with E-state index >= 15 is 0 Å². The number of allylic oxidation sites excluding steroid dienone is 10. The molecule has 0 aliphatic heterocycles. The quantitative estimate of drug-likeness (QED) is 0.0319. The lowest BCUT2D eigenvalue weighted by Gasteiger charge is -2.18. The van der Waals surface area contributed by atoms with Crippen molar-refractivity contribution >= 4 is 17.8 Å². The number of carbonyl (C=O) groups is 3. The van der Waals surface area contributed by atoms with Crippen molar-refractivity contribution in [1.29, 1.82) is 0 Å². The molecule has 0 aromatic rings. The Morgan fingerprint density at radius 2 is 0.917 bits per heavy atom. The molecule has 2 unspecified atom stereocenters. The predicted octanol–water partition coefficient (Wildman–Crippen LogP) is 14.9. The summed E-state index contributed by atoms with van der Waals surface area (Å²) in [6, 6.07) is -0.861. The Morgan fingerprint density at radius 3 is 1.38 bits per heavy atom. The van der Waals surface area contributed by atoms with Gasteiger partial charge in [-0.15, -0.1) is 0 Å². The number of hydrogen-bond donors (Lipinski definition) is 3. The van der Waals surface area contributed by atoms with Crippen molar-refractivity contribution in [2.24, 2.45) is 5.73 Å². The normalized spacial score (nSPS) is 13.1. The van der Waals surface area contributed by atoms with Crippen molar-refractivity contribution < 1.29 is 24.2 Å². The SMILES string of the molecule is CC/C=C\C/C=C\C/C=C\C/C=C\C/C=C\CCCCCC(=O)OC(CCCCCCCCCCCCCCCCC)CCCCCCCC(=O)NC(CCCN)C(=O)O. The molecular formula is C53H94N2O5. The van der Waals surface area contributed by atoms with Crippen molar-refractivity contribution in [3.05, 3.63) is 60.8 Å². The molecule has 0 spiro atoms. The molecular weight excluding hydrogens is 745 g/mol. The zero-order valence-electron chi connectivity index (χ0n) is 39.0. The van der Waals surface area contributed by atoms with Crippen LogP contribution in [0.2, 0.25) is 0 Å². The molecule has 0 aromatic carbocycles. The predicted molar refractivity (Wildman–Crippen MR) is 257 cm³/mol. The van der Waals surface area contributed by atoms with Gasteiger partial charge >= 0.3 is 11.9 Å². The van der Waals surface area contributed by atoms with Gasteiger partial charge in [-0.2, -0.15) is 0 Å². The van der Waals surface area contributed by atoms with Gasteiger partial charge < -0.3 is 20.9 Å². The average Bonchev–Trinajstić information content (AvgIpc) is 3.23. The number of carbonyl (C=O) groups excluding carboxylic acids is 2. The fourth-order valence-electron chi connectivity index (χ4n) is 7.36. The van der Waals surface area contributed by atoms with Crippen molar-refractivity contribution in [1.82, 2.24) is 5.32 Å². The van der Waals surface area contributed by atoms with Crippen LogP contribution >= 0.6 is 0 Å². The number of nitrogens with one attached hydrogen (secondary N) is 1. The number of hydrogen-bond acceptors (Lipinski definition) is 5. The average molecular weight is 839 g/mol. The molecule has 4 N–H and O–H groups in total. The van der Waals surface area contributed by atoms with Gasteiger partial charge in [0.2, 0.25) is 5.91 Å². The van der Waals surface area contributed by atoms with Gasteiger partial charge in [-0.3, -0.25) is 9.59 Å². The first kappa shape index (κ1) is 57.1. The van der Waals surface area contributed by atoms with Gasteiger partial charge in [0.15, 0.2) is 0 Å². The van der Waals surface area contributed by atoms with Crippen LogP contribution in [0.4, 0.5) is 0 Å². The summed E-state index contributed by atoms with van der Waals surface area (Å²) < 4.78 is 6.07. The Bertz CT molecular complexity index is 1130. The van der Waals surface area contributed by atoms with Crippen molar-refractivity contribution in [3.8, 4) is 0 Å². The van der Waals surface area contributed by atoms with Crippen molar-refractivity contribution in [2.45, 2.75) is 251 Å². The van der Waals surface area contributed by atoms with E-state index in [1.54, 1.807) is 0 Å². The van der Waals surface area contributed by atoms with E-state index in [9.17, 15) is 19.5 Å². The van der Waals surface area contributed by atoms with E-state index in [2.05, 4.69) is 79.9 Å². The Balaban J connectivity index is 4.38. The van der Waals surface area contributed by atoms with Crippen LogP contribution < -0.4 is 11.1 Å². The van der Waals surface area contributed by atoms with E-state index in [4.69, 9.17) is 10.5 Å². The minimum Gasteiger partial charge on any atom is -0.480 e. The third-order valence-corrected chi connectivity index (χ3v) is 11.1. The summed E-state index contributed by atoms with van der Waals surface area (Å²) in [7, 11) is 0. The number of unbranched alkanes of at least 4 members (excludes halogenated alkanes) is 21. The Hall–Kier alpha value is -2.93. The molecule has 0 aliphatic rings. The van der Waals surface area contributed by atoms with Gasteiger partial charge in [-0.1, -0.05) is 190 Å². The van der Waals surface area contributed by atoms with E-state index in [0.29, 0.717) is 32.2 Å². The third-order valence-electron chi connectivity index (χ3n) is 11.1. The van der Waals surface area contributed by atoms with Gasteiger partial charge in [-0.25, -0.2) is 4.79 Å². The minimum atomic E-state index is -1.01. The second-order valence-corrected chi connectivity index (χ2v) is 16.9. The highest BCUT2D eigenvalue weighted by Gasteiger charge is 2.19. The van der Waals surface area contributed by atoms with E-state index in [1.807, 2.05) is 0 Å². The molecule has 0 aromatic heterocycles. The largest absolute Gasteiger partial charge is 0.480 e. The highest BCUT2D eigenvalue weighted by atomic mass is 16.5. The molecule has 0 heterocycles. The van der Waals surface area contributed by atoms with Gasteiger partial charge in [0, 0.05) is 12.8 Å². The molecule has 0 saturated carbocycles. The van der Waals surface area contributed by atoms with Crippen LogP contribution in [0.3, 0.4) is 0 Å². The molecule has 2 atom stereocenters. The minimum absolute atomic E-state index is 0.00646.